The monoisotopic (exact) mass is 462 g/mol. The van der Waals surface area contributed by atoms with E-state index in [1.165, 1.54) is 21.9 Å². The van der Waals surface area contributed by atoms with Crippen molar-refractivity contribution < 1.29 is 24.5 Å². The summed E-state index contributed by atoms with van der Waals surface area (Å²) in [5.41, 5.74) is 2.57. The second-order valence-electron chi connectivity index (χ2n) is 7.97. The normalized spacial score (nSPS) is 14.5. The van der Waals surface area contributed by atoms with Gasteiger partial charge in [0.2, 0.25) is 0 Å². The van der Waals surface area contributed by atoms with Gasteiger partial charge in [0.1, 0.15) is 5.75 Å². The number of ether oxygens (including phenoxy) is 1. The first-order chi connectivity index (χ1) is 16.5. The van der Waals surface area contributed by atoms with Gasteiger partial charge in [-0.15, -0.1) is 0 Å². The SMILES string of the molecule is COc1ccc2ccccc2c1CN1CCN(C/C=C/c2ccccc2)CC1.O=C(O)C(=O)O. The number of hydrogen-bond acceptors (Lipinski definition) is 5. The van der Waals surface area contributed by atoms with Crippen molar-refractivity contribution in [3.8, 4) is 5.75 Å². The minimum Gasteiger partial charge on any atom is -0.496 e. The van der Waals surface area contributed by atoms with Crippen LogP contribution in [0.4, 0.5) is 0 Å². The summed E-state index contributed by atoms with van der Waals surface area (Å²) < 4.78 is 5.67. The van der Waals surface area contributed by atoms with Crippen LogP contribution in [0.2, 0.25) is 0 Å². The van der Waals surface area contributed by atoms with Gasteiger partial charge in [-0.3, -0.25) is 9.80 Å². The average molecular weight is 463 g/mol. The number of carbonyl (C=O) groups is 2. The molecule has 0 unspecified atom stereocenters. The van der Waals surface area contributed by atoms with Crippen LogP contribution in [0.5, 0.6) is 5.75 Å². The van der Waals surface area contributed by atoms with Crippen molar-refractivity contribution in [3.63, 3.8) is 0 Å². The van der Waals surface area contributed by atoms with Crippen LogP contribution >= 0.6 is 0 Å². The molecule has 2 N–H and O–H groups in total. The summed E-state index contributed by atoms with van der Waals surface area (Å²) in [5, 5.41) is 17.4. The van der Waals surface area contributed by atoms with E-state index in [0.717, 1.165) is 45.0 Å². The molecule has 0 aliphatic carbocycles. The predicted octanol–water partition coefficient (Wildman–Crippen LogP) is 3.84. The number of carboxylic acids is 2. The summed E-state index contributed by atoms with van der Waals surface area (Å²) in [6, 6.07) is 23.4. The summed E-state index contributed by atoms with van der Waals surface area (Å²) in [5.74, 6) is -2.66. The third-order valence-corrected chi connectivity index (χ3v) is 5.72. The van der Waals surface area contributed by atoms with Gasteiger partial charge in [0.25, 0.3) is 0 Å². The van der Waals surface area contributed by atoms with E-state index in [4.69, 9.17) is 24.5 Å². The van der Waals surface area contributed by atoms with Gasteiger partial charge in [-0.2, -0.15) is 0 Å². The van der Waals surface area contributed by atoms with Crippen LogP contribution in [0, 0.1) is 0 Å². The molecule has 0 radical (unpaired) electrons. The van der Waals surface area contributed by atoms with Gasteiger partial charge >= 0.3 is 11.9 Å². The molecule has 0 aromatic heterocycles. The molecular weight excluding hydrogens is 432 g/mol. The highest BCUT2D eigenvalue weighted by atomic mass is 16.5. The number of aliphatic carboxylic acids is 2. The van der Waals surface area contributed by atoms with Crippen molar-refractivity contribution in [2.45, 2.75) is 6.54 Å². The van der Waals surface area contributed by atoms with Crippen molar-refractivity contribution in [2.75, 3.05) is 39.8 Å². The lowest BCUT2D eigenvalue weighted by Crippen LogP contribution is -2.45. The molecule has 0 atom stereocenters. The van der Waals surface area contributed by atoms with E-state index in [-0.39, 0.29) is 0 Å². The van der Waals surface area contributed by atoms with Crippen molar-refractivity contribution in [2.24, 2.45) is 0 Å². The standard InChI is InChI=1S/C25H28N2O.C2H2O4/c1-28-25-14-13-22-11-5-6-12-23(22)24(25)20-27-18-16-26(17-19-27)15-7-10-21-8-3-2-4-9-21;3-1(4)2(5)6/h2-14H,15-20H2,1H3;(H,3,4)(H,5,6)/b10-7+;. The molecule has 1 aliphatic heterocycles. The Bertz CT molecular complexity index is 1110. The number of piperazine rings is 1. The summed E-state index contributed by atoms with van der Waals surface area (Å²) in [7, 11) is 1.77. The smallest absolute Gasteiger partial charge is 0.414 e. The quantitative estimate of drug-likeness (QED) is 0.538. The molecule has 1 fully saturated rings. The zero-order chi connectivity index (χ0) is 24.3. The summed E-state index contributed by atoms with van der Waals surface area (Å²) >= 11 is 0. The zero-order valence-electron chi connectivity index (χ0n) is 19.3. The lowest BCUT2D eigenvalue weighted by molar-refractivity contribution is -0.159. The molecule has 1 heterocycles. The van der Waals surface area contributed by atoms with E-state index < -0.39 is 11.9 Å². The van der Waals surface area contributed by atoms with E-state index in [1.807, 2.05) is 0 Å². The maximum atomic E-state index is 9.10. The fourth-order valence-corrected chi connectivity index (χ4v) is 3.93. The Morgan fingerprint density at radius 3 is 2.12 bits per heavy atom. The lowest BCUT2D eigenvalue weighted by atomic mass is 10.0. The first kappa shape index (κ1) is 25.0. The van der Waals surface area contributed by atoms with E-state index in [2.05, 4.69) is 88.7 Å². The summed E-state index contributed by atoms with van der Waals surface area (Å²) in [4.78, 5) is 23.3. The van der Waals surface area contributed by atoms with E-state index in [9.17, 15) is 0 Å². The molecule has 0 bridgehead atoms. The Labute approximate surface area is 199 Å². The summed E-state index contributed by atoms with van der Waals surface area (Å²) in [6.45, 7) is 6.34. The van der Waals surface area contributed by atoms with Crippen molar-refractivity contribution in [3.05, 3.63) is 83.9 Å². The molecular formula is C27H30N2O5. The highest BCUT2D eigenvalue weighted by Crippen LogP contribution is 2.29. The second-order valence-corrected chi connectivity index (χ2v) is 7.97. The molecule has 3 aromatic carbocycles. The fraction of sp³-hybridized carbons (Fsp3) is 0.259. The van der Waals surface area contributed by atoms with Crippen LogP contribution in [-0.4, -0.2) is 71.8 Å². The van der Waals surface area contributed by atoms with Crippen LogP contribution < -0.4 is 4.74 Å². The number of benzene rings is 3. The molecule has 3 aromatic rings. The van der Waals surface area contributed by atoms with E-state index >= 15 is 0 Å². The van der Waals surface area contributed by atoms with Crippen LogP contribution in [-0.2, 0) is 16.1 Å². The highest BCUT2D eigenvalue weighted by Gasteiger charge is 2.18. The number of rotatable bonds is 6. The molecule has 0 spiro atoms. The molecule has 0 saturated carbocycles. The molecule has 0 amide bonds. The van der Waals surface area contributed by atoms with Crippen LogP contribution in [0.1, 0.15) is 11.1 Å². The number of nitrogens with zero attached hydrogens (tertiary/aromatic N) is 2. The van der Waals surface area contributed by atoms with Gasteiger partial charge in [-0.05, 0) is 22.4 Å². The van der Waals surface area contributed by atoms with Crippen molar-refractivity contribution in [1.82, 2.24) is 9.80 Å². The third-order valence-electron chi connectivity index (χ3n) is 5.72. The molecule has 178 valence electrons. The minimum atomic E-state index is -1.82. The number of carboxylic acid groups (broad SMARTS) is 2. The molecule has 4 rings (SSSR count). The fourth-order valence-electron chi connectivity index (χ4n) is 3.93. The predicted molar refractivity (Wildman–Crippen MR) is 133 cm³/mol. The first-order valence-electron chi connectivity index (χ1n) is 11.1. The van der Waals surface area contributed by atoms with Crippen LogP contribution in [0.15, 0.2) is 72.8 Å². The molecule has 1 aliphatic rings. The number of methoxy groups -OCH3 is 1. The van der Waals surface area contributed by atoms with Gasteiger partial charge in [0.05, 0.1) is 7.11 Å². The number of fused-ring (bicyclic) bond motifs is 1. The maximum absolute atomic E-state index is 9.10. The first-order valence-corrected chi connectivity index (χ1v) is 11.1. The Morgan fingerprint density at radius 1 is 0.853 bits per heavy atom. The summed E-state index contributed by atoms with van der Waals surface area (Å²) in [6.07, 6.45) is 4.49. The largest absolute Gasteiger partial charge is 0.496 e. The van der Waals surface area contributed by atoms with Gasteiger partial charge in [-0.1, -0.05) is 72.8 Å². The topological polar surface area (TPSA) is 90.3 Å². The zero-order valence-corrected chi connectivity index (χ0v) is 19.3. The molecule has 7 nitrogen and oxygen atoms in total. The van der Waals surface area contributed by atoms with Gasteiger partial charge in [0, 0.05) is 44.8 Å². The Morgan fingerprint density at radius 2 is 1.47 bits per heavy atom. The third kappa shape index (κ3) is 7.16. The molecule has 7 heteroatoms. The second kappa shape index (κ2) is 12.5. The molecule has 34 heavy (non-hydrogen) atoms. The highest BCUT2D eigenvalue weighted by molar-refractivity contribution is 6.27. The van der Waals surface area contributed by atoms with Gasteiger partial charge in [0.15, 0.2) is 0 Å². The van der Waals surface area contributed by atoms with Crippen LogP contribution in [0.3, 0.4) is 0 Å². The van der Waals surface area contributed by atoms with Gasteiger partial charge < -0.3 is 14.9 Å². The molecule has 1 saturated heterocycles. The number of hydrogen-bond donors (Lipinski definition) is 2. The van der Waals surface area contributed by atoms with Crippen molar-refractivity contribution in [1.29, 1.82) is 0 Å². The maximum Gasteiger partial charge on any atom is 0.414 e. The Hall–Kier alpha value is -3.68. The Balaban J connectivity index is 0.000000481. The van der Waals surface area contributed by atoms with Gasteiger partial charge in [-0.25, -0.2) is 9.59 Å². The van der Waals surface area contributed by atoms with Crippen molar-refractivity contribution >= 4 is 28.8 Å². The minimum absolute atomic E-state index is 0.943. The van der Waals surface area contributed by atoms with E-state index in [0.29, 0.717) is 0 Å². The average Bonchev–Trinajstić information content (AvgIpc) is 2.86. The van der Waals surface area contributed by atoms with Crippen LogP contribution in [0.25, 0.3) is 16.8 Å². The Kier molecular flexibility index (Phi) is 9.20. The van der Waals surface area contributed by atoms with E-state index in [1.54, 1.807) is 7.11 Å². The lowest BCUT2D eigenvalue weighted by Gasteiger charge is -2.34.